The summed E-state index contributed by atoms with van der Waals surface area (Å²) in [4.78, 5) is 2.32. The van der Waals surface area contributed by atoms with Crippen LogP contribution in [-0.2, 0) is 4.74 Å². The highest BCUT2D eigenvalue weighted by atomic mass is 32.1. The van der Waals surface area contributed by atoms with E-state index >= 15 is 0 Å². The van der Waals surface area contributed by atoms with E-state index in [1.165, 1.54) is 38.5 Å². The Hall–Kier alpha value is -0.350. The number of ether oxygens (including phenoxy) is 1. The summed E-state index contributed by atoms with van der Waals surface area (Å²) >= 11 is 5.50. The Morgan fingerprint density at radius 2 is 1.94 bits per heavy atom. The van der Waals surface area contributed by atoms with Gasteiger partial charge in [0.2, 0.25) is 0 Å². The van der Waals surface area contributed by atoms with Crippen LogP contribution in [0, 0.1) is 0 Å². The molecule has 0 amide bonds. The fourth-order valence-electron chi connectivity index (χ4n) is 2.13. The Morgan fingerprint density at radius 1 is 1.28 bits per heavy atom. The molecule has 0 saturated carbocycles. The van der Waals surface area contributed by atoms with Crippen molar-refractivity contribution in [2.24, 2.45) is 0 Å². The molecule has 0 bridgehead atoms. The van der Waals surface area contributed by atoms with E-state index in [1.54, 1.807) is 0 Å². The highest BCUT2D eigenvalue weighted by Crippen LogP contribution is 2.10. The van der Waals surface area contributed by atoms with Gasteiger partial charge in [0, 0.05) is 26.2 Å². The van der Waals surface area contributed by atoms with Crippen molar-refractivity contribution in [3.8, 4) is 0 Å². The minimum atomic E-state index is 0.363. The number of unbranched alkanes of at least 4 members (excludes halogenated alkanes) is 2. The molecule has 106 valence electrons. The molecule has 3 nitrogen and oxygen atoms in total. The van der Waals surface area contributed by atoms with Crippen molar-refractivity contribution in [3.05, 3.63) is 0 Å². The quantitative estimate of drug-likeness (QED) is 0.687. The van der Waals surface area contributed by atoms with Gasteiger partial charge < -0.3 is 15.0 Å². The van der Waals surface area contributed by atoms with E-state index in [4.69, 9.17) is 17.0 Å². The molecule has 1 heterocycles. The first kappa shape index (κ1) is 15.7. The van der Waals surface area contributed by atoms with Gasteiger partial charge in [-0.2, -0.15) is 0 Å². The summed E-state index contributed by atoms with van der Waals surface area (Å²) < 4.78 is 5.60. The third-order valence-corrected chi connectivity index (χ3v) is 3.76. The molecule has 0 unspecified atom stereocenters. The van der Waals surface area contributed by atoms with Crippen LogP contribution in [0.2, 0.25) is 0 Å². The zero-order valence-corrected chi connectivity index (χ0v) is 12.7. The van der Waals surface area contributed by atoms with Crippen LogP contribution in [-0.4, -0.2) is 42.4 Å². The Kier molecular flexibility index (Phi) is 8.34. The van der Waals surface area contributed by atoms with Crippen LogP contribution in [0.15, 0.2) is 0 Å². The Labute approximate surface area is 117 Å². The monoisotopic (exact) mass is 272 g/mol. The summed E-state index contributed by atoms with van der Waals surface area (Å²) in [6.45, 7) is 8.38. The van der Waals surface area contributed by atoms with Gasteiger partial charge in [0.05, 0.1) is 6.10 Å². The van der Waals surface area contributed by atoms with Gasteiger partial charge in [-0.15, -0.1) is 0 Å². The second kappa shape index (κ2) is 9.56. The molecule has 4 heteroatoms. The maximum atomic E-state index is 5.60. The van der Waals surface area contributed by atoms with Gasteiger partial charge in [-0.1, -0.05) is 26.7 Å². The summed E-state index contributed by atoms with van der Waals surface area (Å²) in [5.41, 5.74) is 0. The molecule has 1 aliphatic rings. The first-order valence-corrected chi connectivity index (χ1v) is 7.83. The third-order valence-electron chi connectivity index (χ3n) is 3.36. The van der Waals surface area contributed by atoms with Crippen LogP contribution >= 0.6 is 12.2 Å². The summed E-state index contributed by atoms with van der Waals surface area (Å²) in [6.07, 6.45) is 7.58. The van der Waals surface area contributed by atoms with E-state index in [9.17, 15) is 0 Å². The zero-order valence-electron chi connectivity index (χ0n) is 11.9. The molecule has 0 spiro atoms. The van der Waals surface area contributed by atoms with Crippen LogP contribution in [0.4, 0.5) is 0 Å². The second-order valence-corrected chi connectivity index (χ2v) is 5.40. The minimum absolute atomic E-state index is 0.363. The lowest BCUT2D eigenvalue weighted by Crippen LogP contribution is -2.43. The van der Waals surface area contributed by atoms with E-state index in [2.05, 4.69) is 24.1 Å². The predicted octanol–water partition coefficient (Wildman–Crippen LogP) is 2.94. The third kappa shape index (κ3) is 6.01. The van der Waals surface area contributed by atoms with Crippen molar-refractivity contribution in [3.63, 3.8) is 0 Å². The number of nitrogens with one attached hydrogen (secondary N) is 1. The number of hydrogen-bond acceptors (Lipinski definition) is 2. The van der Waals surface area contributed by atoms with Crippen molar-refractivity contribution < 1.29 is 4.74 Å². The van der Waals surface area contributed by atoms with Crippen LogP contribution in [0.25, 0.3) is 0 Å². The predicted molar refractivity (Wildman–Crippen MR) is 81.0 cm³/mol. The highest BCUT2D eigenvalue weighted by Gasteiger charge is 2.16. The average Bonchev–Trinajstić information content (AvgIpc) is 2.89. The zero-order chi connectivity index (χ0) is 13.2. The first-order chi connectivity index (χ1) is 8.77. The van der Waals surface area contributed by atoms with E-state index < -0.39 is 0 Å². The first-order valence-electron chi connectivity index (χ1n) is 7.42. The second-order valence-electron chi connectivity index (χ2n) is 5.02. The maximum Gasteiger partial charge on any atom is 0.169 e. The SMILES string of the molecule is CCCCN(CCCC)C(=S)NC[C@H]1CCCO1. The van der Waals surface area contributed by atoms with Gasteiger partial charge in [0.25, 0.3) is 0 Å². The van der Waals surface area contributed by atoms with Crippen LogP contribution in [0.5, 0.6) is 0 Å². The molecular formula is C14H28N2OS. The van der Waals surface area contributed by atoms with E-state index in [-0.39, 0.29) is 0 Å². The summed E-state index contributed by atoms with van der Waals surface area (Å²) in [6, 6.07) is 0. The van der Waals surface area contributed by atoms with Gasteiger partial charge in [-0.3, -0.25) is 0 Å². The maximum absolute atomic E-state index is 5.60. The molecule has 1 fully saturated rings. The summed E-state index contributed by atoms with van der Waals surface area (Å²) in [5.74, 6) is 0. The molecule has 0 aromatic carbocycles. The van der Waals surface area contributed by atoms with Crippen LogP contribution in [0.3, 0.4) is 0 Å². The average molecular weight is 272 g/mol. The molecule has 18 heavy (non-hydrogen) atoms. The van der Waals surface area contributed by atoms with Crippen molar-refractivity contribution in [1.82, 2.24) is 10.2 Å². The lowest BCUT2D eigenvalue weighted by atomic mass is 10.2. The molecule has 0 aliphatic carbocycles. The van der Waals surface area contributed by atoms with E-state index in [0.29, 0.717) is 6.10 Å². The molecule has 1 rings (SSSR count). The molecule has 1 saturated heterocycles. The van der Waals surface area contributed by atoms with Crippen LogP contribution < -0.4 is 5.32 Å². The molecule has 1 aliphatic heterocycles. The number of hydrogen-bond donors (Lipinski definition) is 1. The lowest BCUT2D eigenvalue weighted by Gasteiger charge is -2.26. The summed E-state index contributed by atoms with van der Waals surface area (Å²) in [5, 5.41) is 4.28. The molecule has 0 radical (unpaired) electrons. The smallest absolute Gasteiger partial charge is 0.169 e. The normalized spacial score (nSPS) is 18.9. The van der Waals surface area contributed by atoms with Crippen LogP contribution in [0.1, 0.15) is 52.4 Å². The van der Waals surface area contributed by atoms with Gasteiger partial charge in [-0.25, -0.2) is 0 Å². The number of thiocarbonyl (C=S) groups is 1. The molecule has 0 aromatic rings. The fourth-order valence-corrected chi connectivity index (χ4v) is 2.40. The molecule has 1 N–H and O–H groups in total. The highest BCUT2D eigenvalue weighted by molar-refractivity contribution is 7.80. The Morgan fingerprint density at radius 3 is 2.44 bits per heavy atom. The minimum Gasteiger partial charge on any atom is -0.376 e. The molecule has 0 aromatic heterocycles. The van der Waals surface area contributed by atoms with Gasteiger partial charge >= 0.3 is 0 Å². The lowest BCUT2D eigenvalue weighted by molar-refractivity contribution is 0.113. The standard InChI is InChI=1S/C14H28N2OS/c1-3-5-9-16(10-6-4-2)14(18)15-12-13-8-7-11-17-13/h13H,3-12H2,1-2H3,(H,15,18)/t13-/m1/s1. The van der Waals surface area contributed by atoms with E-state index in [1.807, 2.05) is 0 Å². The van der Waals surface area contributed by atoms with E-state index in [0.717, 1.165) is 31.4 Å². The topological polar surface area (TPSA) is 24.5 Å². The Balaban J connectivity index is 2.27. The van der Waals surface area contributed by atoms with Gasteiger partial charge in [-0.05, 0) is 37.9 Å². The van der Waals surface area contributed by atoms with Crippen molar-refractivity contribution >= 4 is 17.3 Å². The fraction of sp³-hybridized carbons (Fsp3) is 0.929. The van der Waals surface area contributed by atoms with Gasteiger partial charge in [0.15, 0.2) is 5.11 Å². The molecule has 1 atom stereocenters. The van der Waals surface area contributed by atoms with Crippen molar-refractivity contribution in [1.29, 1.82) is 0 Å². The van der Waals surface area contributed by atoms with Crippen molar-refractivity contribution in [2.75, 3.05) is 26.2 Å². The molecular weight excluding hydrogens is 244 g/mol. The largest absolute Gasteiger partial charge is 0.376 e. The number of rotatable bonds is 8. The Bertz CT molecular complexity index is 222. The summed E-state index contributed by atoms with van der Waals surface area (Å²) in [7, 11) is 0. The number of nitrogens with zero attached hydrogens (tertiary/aromatic N) is 1. The van der Waals surface area contributed by atoms with Gasteiger partial charge in [0.1, 0.15) is 0 Å². The van der Waals surface area contributed by atoms with Crippen molar-refractivity contribution in [2.45, 2.75) is 58.5 Å².